The summed E-state index contributed by atoms with van der Waals surface area (Å²) < 4.78 is 5.50. The second-order valence-electron chi connectivity index (χ2n) is 7.11. The molecule has 7 nitrogen and oxygen atoms in total. The lowest BCUT2D eigenvalue weighted by molar-refractivity contribution is 0.202. The summed E-state index contributed by atoms with van der Waals surface area (Å²) in [6.45, 7) is 3.47. The van der Waals surface area contributed by atoms with E-state index < -0.39 is 0 Å². The van der Waals surface area contributed by atoms with Crippen LogP contribution in [-0.4, -0.2) is 45.2 Å². The van der Waals surface area contributed by atoms with Crippen LogP contribution in [0.2, 0.25) is 0 Å². The molecule has 1 saturated heterocycles. The van der Waals surface area contributed by atoms with Crippen LogP contribution in [0.5, 0.6) is 0 Å². The number of nitrogens with one attached hydrogen (secondary N) is 1. The molecule has 2 aromatic rings. The molecule has 0 unspecified atom stereocenters. The van der Waals surface area contributed by atoms with Gasteiger partial charge in [-0.1, -0.05) is 24.9 Å². The van der Waals surface area contributed by atoms with Crippen LogP contribution in [0, 0.1) is 5.92 Å². The highest BCUT2D eigenvalue weighted by molar-refractivity contribution is 5.75. The zero-order valence-corrected chi connectivity index (χ0v) is 14.4. The Bertz CT molecular complexity index is 726. The van der Waals surface area contributed by atoms with Gasteiger partial charge in [0.1, 0.15) is 0 Å². The number of urea groups is 1. The Hall–Kier alpha value is -2.44. The van der Waals surface area contributed by atoms with Gasteiger partial charge in [-0.05, 0) is 30.9 Å². The van der Waals surface area contributed by atoms with E-state index in [1.165, 1.54) is 12.8 Å². The average molecular weight is 341 g/mol. The number of hydrogen-bond donors (Lipinski definition) is 1. The fourth-order valence-electron chi connectivity index (χ4n) is 3.79. The van der Waals surface area contributed by atoms with Gasteiger partial charge in [-0.3, -0.25) is 4.98 Å². The number of rotatable bonds is 3. The van der Waals surface area contributed by atoms with Gasteiger partial charge in [0.05, 0.1) is 5.92 Å². The Kier molecular flexibility index (Phi) is 4.38. The van der Waals surface area contributed by atoms with E-state index in [0.717, 1.165) is 24.9 Å². The smallest absolute Gasteiger partial charge is 0.317 e. The summed E-state index contributed by atoms with van der Waals surface area (Å²) in [6.07, 6.45) is 8.03. The molecular weight excluding hydrogens is 318 g/mol. The number of carbonyl (C=O) groups is 1. The van der Waals surface area contributed by atoms with Crippen molar-refractivity contribution < 1.29 is 9.32 Å². The number of amides is 2. The summed E-state index contributed by atoms with van der Waals surface area (Å²) in [5, 5.41) is 7.24. The highest BCUT2D eigenvalue weighted by Crippen LogP contribution is 2.32. The molecule has 0 radical (unpaired) electrons. The van der Waals surface area contributed by atoms with Gasteiger partial charge in [0.15, 0.2) is 0 Å². The number of pyridine rings is 1. The molecule has 25 heavy (non-hydrogen) atoms. The van der Waals surface area contributed by atoms with Crippen molar-refractivity contribution in [3.63, 3.8) is 0 Å². The van der Waals surface area contributed by atoms with Crippen LogP contribution in [0.4, 0.5) is 4.79 Å². The predicted octanol–water partition coefficient (Wildman–Crippen LogP) is 2.82. The lowest BCUT2D eigenvalue weighted by atomic mass is 9.98. The Labute approximate surface area is 146 Å². The number of nitrogens with zero attached hydrogens (tertiary/aromatic N) is 4. The molecule has 1 aliphatic carbocycles. The molecule has 7 heteroatoms. The van der Waals surface area contributed by atoms with Gasteiger partial charge in [-0.15, -0.1) is 0 Å². The first-order valence-corrected chi connectivity index (χ1v) is 9.00. The van der Waals surface area contributed by atoms with Gasteiger partial charge >= 0.3 is 6.03 Å². The number of carbonyl (C=O) groups excluding carboxylic acids is 1. The van der Waals surface area contributed by atoms with Crippen LogP contribution in [-0.2, 0) is 0 Å². The van der Waals surface area contributed by atoms with Crippen molar-refractivity contribution in [2.24, 2.45) is 5.92 Å². The molecule has 0 aromatic carbocycles. The monoisotopic (exact) mass is 341 g/mol. The molecule has 0 spiro atoms. The number of hydrogen-bond acceptors (Lipinski definition) is 5. The maximum absolute atomic E-state index is 12.5. The molecule has 2 aliphatic rings. The molecule has 2 atom stereocenters. The molecular formula is C18H23N5O2. The van der Waals surface area contributed by atoms with Crippen molar-refractivity contribution in [2.45, 2.75) is 44.6 Å². The number of aromatic nitrogens is 3. The van der Waals surface area contributed by atoms with Crippen molar-refractivity contribution in [1.82, 2.24) is 25.3 Å². The minimum Gasteiger partial charge on any atom is -0.339 e. The molecule has 132 valence electrons. The first kappa shape index (κ1) is 16.1. The van der Waals surface area contributed by atoms with E-state index in [2.05, 4.69) is 27.4 Å². The highest BCUT2D eigenvalue weighted by atomic mass is 16.5. The summed E-state index contributed by atoms with van der Waals surface area (Å²) in [7, 11) is 0. The third kappa shape index (κ3) is 3.36. The summed E-state index contributed by atoms with van der Waals surface area (Å²) in [6, 6.07) is 4.08. The standard InChI is InChI=1S/C18H23N5O2/c1-12-10-23(18(24)20-14-4-2-3-5-14)11-15(12)17-21-16(22-25-17)13-6-8-19-9-7-13/h6-9,12,14-15H,2-5,10-11H2,1H3,(H,20,24)/t12-,15-/m1/s1. The van der Waals surface area contributed by atoms with E-state index in [0.29, 0.717) is 30.2 Å². The molecule has 2 fully saturated rings. The Morgan fingerprint density at radius 2 is 2.00 bits per heavy atom. The second kappa shape index (κ2) is 6.82. The third-order valence-electron chi connectivity index (χ3n) is 5.28. The van der Waals surface area contributed by atoms with Crippen LogP contribution in [0.25, 0.3) is 11.4 Å². The zero-order chi connectivity index (χ0) is 17.2. The molecule has 4 rings (SSSR count). The SMILES string of the molecule is C[C@@H]1CN(C(=O)NC2CCCC2)C[C@H]1c1nc(-c2ccncc2)no1. The van der Waals surface area contributed by atoms with Crippen molar-refractivity contribution in [2.75, 3.05) is 13.1 Å². The maximum atomic E-state index is 12.5. The predicted molar refractivity (Wildman–Crippen MR) is 91.8 cm³/mol. The lowest BCUT2D eigenvalue weighted by Crippen LogP contribution is -2.43. The van der Waals surface area contributed by atoms with E-state index >= 15 is 0 Å². The third-order valence-corrected chi connectivity index (χ3v) is 5.28. The van der Waals surface area contributed by atoms with Crippen molar-refractivity contribution >= 4 is 6.03 Å². The Balaban J connectivity index is 1.43. The second-order valence-corrected chi connectivity index (χ2v) is 7.11. The van der Waals surface area contributed by atoms with Crippen molar-refractivity contribution in [1.29, 1.82) is 0 Å². The topological polar surface area (TPSA) is 84.2 Å². The van der Waals surface area contributed by atoms with E-state index in [4.69, 9.17) is 4.52 Å². The Morgan fingerprint density at radius 1 is 1.24 bits per heavy atom. The average Bonchev–Trinajstić information content (AvgIpc) is 3.36. The minimum atomic E-state index is 0.0372. The zero-order valence-electron chi connectivity index (χ0n) is 14.4. The largest absolute Gasteiger partial charge is 0.339 e. The van der Waals surface area contributed by atoms with Crippen LogP contribution >= 0.6 is 0 Å². The van der Waals surface area contributed by atoms with Gasteiger partial charge in [-0.25, -0.2) is 4.79 Å². The summed E-state index contributed by atoms with van der Waals surface area (Å²) in [4.78, 5) is 22.9. The summed E-state index contributed by atoms with van der Waals surface area (Å²) in [5.74, 6) is 1.55. The molecule has 0 bridgehead atoms. The summed E-state index contributed by atoms with van der Waals surface area (Å²) >= 11 is 0. The van der Waals surface area contributed by atoms with E-state index in [1.807, 2.05) is 17.0 Å². The van der Waals surface area contributed by atoms with Gasteiger partial charge < -0.3 is 14.7 Å². The molecule has 1 N–H and O–H groups in total. The van der Waals surface area contributed by atoms with Gasteiger partial charge in [-0.2, -0.15) is 4.98 Å². The van der Waals surface area contributed by atoms with E-state index in [9.17, 15) is 4.79 Å². The quantitative estimate of drug-likeness (QED) is 0.928. The molecule has 1 aliphatic heterocycles. The first-order valence-electron chi connectivity index (χ1n) is 9.00. The van der Waals surface area contributed by atoms with Gasteiger partial charge in [0.2, 0.25) is 11.7 Å². The maximum Gasteiger partial charge on any atom is 0.317 e. The fraction of sp³-hybridized carbons (Fsp3) is 0.556. The summed E-state index contributed by atoms with van der Waals surface area (Å²) in [5.41, 5.74) is 0.881. The first-order chi connectivity index (χ1) is 12.2. The molecule has 3 heterocycles. The minimum absolute atomic E-state index is 0.0372. The van der Waals surface area contributed by atoms with E-state index in [-0.39, 0.29) is 11.9 Å². The molecule has 2 aromatic heterocycles. The molecule has 2 amide bonds. The van der Waals surface area contributed by atoms with Crippen LogP contribution in [0.3, 0.4) is 0 Å². The van der Waals surface area contributed by atoms with Crippen LogP contribution in [0.15, 0.2) is 29.0 Å². The van der Waals surface area contributed by atoms with Crippen molar-refractivity contribution in [3.8, 4) is 11.4 Å². The highest BCUT2D eigenvalue weighted by Gasteiger charge is 2.37. The van der Waals surface area contributed by atoms with E-state index in [1.54, 1.807) is 12.4 Å². The fourth-order valence-corrected chi connectivity index (χ4v) is 3.79. The normalized spacial score (nSPS) is 24.0. The Morgan fingerprint density at radius 3 is 2.76 bits per heavy atom. The van der Waals surface area contributed by atoms with Crippen LogP contribution in [0.1, 0.15) is 44.4 Å². The molecule has 1 saturated carbocycles. The van der Waals surface area contributed by atoms with Gasteiger partial charge in [0, 0.05) is 37.1 Å². The van der Waals surface area contributed by atoms with Gasteiger partial charge in [0.25, 0.3) is 0 Å². The van der Waals surface area contributed by atoms with Crippen molar-refractivity contribution in [3.05, 3.63) is 30.4 Å². The lowest BCUT2D eigenvalue weighted by Gasteiger charge is -2.20. The van der Waals surface area contributed by atoms with Crippen LogP contribution < -0.4 is 5.32 Å². The number of likely N-dealkylation sites (tertiary alicyclic amines) is 1.